The number of alkyl halides is 3. The number of carboxylic acids is 1. The molecule has 0 saturated heterocycles. The lowest BCUT2D eigenvalue weighted by molar-refractivity contribution is -0.136. The fraction of sp³-hybridized carbons (Fsp3) is 0.529. The van der Waals surface area contributed by atoms with Crippen molar-refractivity contribution in [2.75, 3.05) is 6.54 Å². The Bertz CT molecular complexity index is 962. The van der Waals surface area contributed by atoms with Gasteiger partial charge in [0, 0.05) is 11.4 Å². The minimum absolute atomic E-state index is 0.0617. The van der Waals surface area contributed by atoms with Crippen LogP contribution in [0.15, 0.2) is 60.9 Å². The van der Waals surface area contributed by atoms with E-state index in [1.807, 2.05) is 45.1 Å². The van der Waals surface area contributed by atoms with Crippen LogP contribution in [0.4, 0.5) is 13.2 Å². The van der Waals surface area contributed by atoms with Gasteiger partial charge in [0.05, 0.1) is 23.5 Å². The van der Waals surface area contributed by atoms with Crippen molar-refractivity contribution in [3.63, 3.8) is 0 Å². The van der Waals surface area contributed by atoms with E-state index >= 15 is 0 Å². The predicted molar refractivity (Wildman–Crippen MR) is 177 cm³/mol. The molecule has 1 unspecified atom stereocenters. The van der Waals surface area contributed by atoms with Crippen molar-refractivity contribution < 1.29 is 32.6 Å². The van der Waals surface area contributed by atoms with E-state index in [0.717, 1.165) is 36.0 Å². The van der Waals surface area contributed by atoms with Crippen LogP contribution in [0.5, 0.6) is 0 Å². The van der Waals surface area contributed by atoms with E-state index in [1.165, 1.54) is 17.4 Å². The van der Waals surface area contributed by atoms with Gasteiger partial charge in [-0.1, -0.05) is 71.9 Å². The molecule has 0 spiro atoms. The smallest absolute Gasteiger partial charge is 0.392 e. The van der Waals surface area contributed by atoms with E-state index in [1.54, 1.807) is 13.0 Å². The first-order valence-electron chi connectivity index (χ1n) is 14.1. The summed E-state index contributed by atoms with van der Waals surface area (Å²) in [5, 5.41) is 11.2. The number of aliphatic carboxylic acids is 1. The van der Waals surface area contributed by atoms with Gasteiger partial charge in [-0.2, -0.15) is 13.2 Å². The zero-order valence-electron chi connectivity index (χ0n) is 27.5. The van der Waals surface area contributed by atoms with Gasteiger partial charge < -0.3 is 15.2 Å². The molecule has 0 bridgehead atoms. The lowest BCUT2D eigenvalue weighted by Crippen LogP contribution is -2.25. The number of carbonyl (C=O) groups excluding carboxylic acids is 1. The summed E-state index contributed by atoms with van der Waals surface area (Å²) in [6, 6.07) is 3.64. The Balaban J connectivity index is -0.000000295. The zero-order valence-corrected chi connectivity index (χ0v) is 28.3. The second-order valence-electron chi connectivity index (χ2n) is 10.3. The average Bonchev–Trinajstić information content (AvgIpc) is 3.40. The Kier molecular flexibility index (Phi) is 31.3. The molecule has 0 saturated carbocycles. The lowest BCUT2D eigenvalue weighted by Gasteiger charge is -2.16. The second kappa shape index (κ2) is 28.9. The molecule has 1 heterocycles. The van der Waals surface area contributed by atoms with Crippen molar-refractivity contribution in [2.24, 2.45) is 5.41 Å². The van der Waals surface area contributed by atoms with Crippen LogP contribution in [0.2, 0.25) is 0 Å². The second-order valence-corrected chi connectivity index (χ2v) is 11.4. The van der Waals surface area contributed by atoms with E-state index in [4.69, 9.17) is 9.84 Å². The largest absolute Gasteiger partial charge is 0.490 e. The Morgan fingerprint density at radius 2 is 1.63 bits per heavy atom. The highest BCUT2D eigenvalue weighted by Crippen LogP contribution is 2.30. The van der Waals surface area contributed by atoms with E-state index in [-0.39, 0.29) is 25.0 Å². The molecule has 1 aromatic rings. The standard InChI is InChI=1S/C16H23NO4S.C6H10.C5H7F3.C5H12.C2H2/c1-4-6-11(3)21-12(5-2)13-7-8-14(22-13)16(20)17-10-9-15(18)19;1-3-5-6-4-2;1-2-3-4-5(6,7)8;1-5(2,3)4;1-2/h6-8,12H,4-5,9-10H2,1-3H3,(H,17,20)(H,18,19);3-4,6H,1,5H2,2H3;2-3H,4H2,1H3;1-4H3;1-2H/b11-6+;6-4+;3-2-;;. The summed E-state index contributed by atoms with van der Waals surface area (Å²) in [6.45, 7) is 22.0. The predicted octanol–water partition coefficient (Wildman–Crippen LogP) is 10.7. The third kappa shape index (κ3) is 38.8. The number of thiophene rings is 1. The lowest BCUT2D eigenvalue weighted by atomic mass is 10.0. The number of hydrogen-bond donors (Lipinski definition) is 2. The minimum Gasteiger partial charge on any atom is -0.490 e. The van der Waals surface area contributed by atoms with Crippen LogP contribution in [-0.2, 0) is 9.53 Å². The molecule has 9 heteroatoms. The Hall–Kier alpha value is -3.25. The van der Waals surface area contributed by atoms with Gasteiger partial charge in [0.25, 0.3) is 5.91 Å². The molecule has 0 aromatic carbocycles. The Labute approximate surface area is 263 Å². The molecular weight excluding hydrogens is 575 g/mol. The summed E-state index contributed by atoms with van der Waals surface area (Å²) in [7, 11) is 0. The highest BCUT2D eigenvalue weighted by atomic mass is 32.1. The highest BCUT2D eigenvalue weighted by Gasteiger charge is 2.24. The molecule has 0 aliphatic carbocycles. The van der Waals surface area contributed by atoms with Crippen LogP contribution < -0.4 is 5.32 Å². The number of terminal acetylenes is 1. The maximum absolute atomic E-state index is 11.9. The number of allylic oxidation sites excluding steroid dienone is 7. The highest BCUT2D eigenvalue weighted by molar-refractivity contribution is 7.14. The van der Waals surface area contributed by atoms with Gasteiger partial charge in [-0.3, -0.25) is 9.59 Å². The third-order valence-electron chi connectivity index (χ3n) is 4.11. The summed E-state index contributed by atoms with van der Waals surface area (Å²) in [5.74, 6) is -0.284. The third-order valence-corrected chi connectivity index (χ3v) is 5.28. The summed E-state index contributed by atoms with van der Waals surface area (Å²) in [5.41, 5.74) is 0.500. The topological polar surface area (TPSA) is 75.6 Å². The van der Waals surface area contributed by atoms with E-state index in [2.05, 4.69) is 65.4 Å². The van der Waals surface area contributed by atoms with E-state index in [9.17, 15) is 22.8 Å². The molecule has 0 radical (unpaired) electrons. The average molecular weight is 630 g/mol. The first-order valence-corrected chi connectivity index (χ1v) is 14.9. The van der Waals surface area contributed by atoms with Crippen LogP contribution in [0.25, 0.3) is 0 Å². The molecule has 43 heavy (non-hydrogen) atoms. The maximum Gasteiger partial charge on any atom is 0.392 e. The van der Waals surface area contributed by atoms with Crippen molar-refractivity contribution in [3.8, 4) is 12.8 Å². The fourth-order valence-corrected chi connectivity index (χ4v) is 3.44. The molecule has 5 nitrogen and oxygen atoms in total. The summed E-state index contributed by atoms with van der Waals surface area (Å²) < 4.78 is 39.5. The number of hydrogen-bond acceptors (Lipinski definition) is 4. The van der Waals surface area contributed by atoms with Gasteiger partial charge >= 0.3 is 12.1 Å². The Morgan fingerprint density at radius 3 is 1.98 bits per heavy atom. The molecule has 0 fully saturated rings. The van der Waals surface area contributed by atoms with Crippen molar-refractivity contribution >= 4 is 23.2 Å². The number of rotatable bonds is 12. The van der Waals surface area contributed by atoms with Crippen LogP contribution in [0.3, 0.4) is 0 Å². The quantitative estimate of drug-likeness (QED) is 0.137. The minimum atomic E-state index is -4.04. The van der Waals surface area contributed by atoms with Crippen LogP contribution in [-0.4, -0.2) is 29.7 Å². The molecule has 246 valence electrons. The Morgan fingerprint density at radius 1 is 1.09 bits per heavy atom. The fourth-order valence-electron chi connectivity index (χ4n) is 2.40. The molecule has 1 amide bonds. The monoisotopic (exact) mass is 629 g/mol. The molecule has 1 atom stereocenters. The number of nitrogens with one attached hydrogen (secondary N) is 1. The number of ether oxygens (including phenoxy) is 1. The van der Waals surface area contributed by atoms with Gasteiger partial charge in [0.15, 0.2) is 0 Å². The first-order chi connectivity index (χ1) is 19.9. The summed E-state index contributed by atoms with van der Waals surface area (Å²) in [6.07, 6.45) is 16.2. The van der Waals surface area contributed by atoms with Crippen LogP contribution in [0.1, 0.15) is 115 Å². The van der Waals surface area contributed by atoms with Gasteiger partial charge in [-0.25, -0.2) is 0 Å². The summed E-state index contributed by atoms with van der Waals surface area (Å²) in [4.78, 5) is 23.9. The number of carbonyl (C=O) groups is 2. The van der Waals surface area contributed by atoms with Gasteiger partial charge in [0.2, 0.25) is 0 Å². The van der Waals surface area contributed by atoms with Crippen LogP contribution in [0, 0.1) is 18.3 Å². The first kappa shape index (κ1) is 46.7. The van der Waals surface area contributed by atoms with Gasteiger partial charge in [0.1, 0.15) is 6.10 Å². The van der Waals surface area contributed by atoms with E-state index < -0.39 is 18.6 Å². The summed E-state index contributed by atoms with van der Waals surface area (Å²) >= 11 is 1.38. The van der Waals surface area contributed by atoms with Crippen molar-refractivity contribution in [1.82, 2.24) is 5.32 Å². The van der Waals surface area contributed by atoms with Crippen molar-refractivity contribution in [3.05, 3.63) is 70.7 Å². The van der Waals surface area contributed by atoms with Crippen molar-refractivity contribution in [2.45, 2.75) is 107 Å². The molecular formula is C34H54F3NO4S. The molecule has 0 aliphatic heterocycles. The zero-order chi connectivity index (χ0) is 34.5. The number of halogens is 3. The molecule has 2 N–H and O–H groups in total. The van der Waals surface area contributed by atoms with Gasteiger partial charge in [-0.05, 0) is 63.7 Å². The SMILES string of the molecule is C#C.C/C=C\CC(F)(F)F.C=CC/C=C/C.CC(C)(C)C.CC/C=C(\C)OC(CC)c1ccc(C(=O)NCCC(=O)O)s1. The normalized spacial score (nSPS) is 11.7. The molecule has 0 aliphatic rings. The maximum atomic E-state index is 11.9. The van der Waals surface area contributed by atoms with Crippen LogP contribution >= 0.6 is 11.3 Å². The number of carboxylic acid groups (broad SMARTS) is 1. The van der Waals surface area contributed by atoms with Gasteiger partial charge in [-0.15, -0.1) is 30.8 Å². The molecule has 1 aromatic heterocycles. The number of amides is 1. The van der Waals surface area contributed by atoms with Crippen molar-refractivity contribution in [1.29, 1.82) is 0 Å². The molecule has 1 rings (SSSR count). The van der Waals surface area contributed by atoms with E-state index in [0.29, 0.717) is 10.3 Å².